The van der Waals surface area contributed by atoms with Gasteiger partial charge in [0.15, 0.2) is 0 Å². The minimum atomic E-state index is 0.433. The molecule has 0 aromatic rings. The van der Waals surface area contributed by atoms with E-state index in [1.807, 2.05) is 6.08 Å². The first-order valence-electron chi connectivity index (χ1n) is 6.55. The number of epoxide rings is 1. The molecule has 0 aromatic carbocycles. The lowest BCUT2D eigenvalue weighted by Crippen LogP contribution is -2.37. The zero-order valence-corrected chi connectivity index (χ0v) is 11.0. The fourth-order valence-corrected chi connectivity index (χ4v) is 2.29. The van der Waals surface area contributed by atoms with Crippen molar-refractivity contribution in [3.63, 3.8) is 0 Å². The van der Waals surface area contributed by atoms with Crippen LogP contribution in [0, 0.1) is 23.2 Å². The number of hydrogen-bond acceptors (Lipinski definition) is 3. The van der Waals surface area contributed by atoms with E-state index in [1.54, 1.807) is 0 Å². The number of hydrogen-bond donors (Lipinski definition) is 1. The molecule has 96 valence electrons. The normalized spacial score (nSPS) is 23.5. The van der Waals surface area contributed by atoms with Crippen LogP contribution in [0.3, 0.4) is 0 Å². The number of nitrogens with zero attached hydrogens (tertiary/aromatic N) is 1. The Kier molecular flexibility index (Phi) is 6.25. The van der Waals surface area contributed by atoms with Crippen LogP contribution in [0.1, 0.15) is 33.1 Å². The Labute approximate surface area is 105 Å². The molecule has 0 amide bonds. The van der Waals surface area contributed by atoms with E-state index in [0.29, 0.717) is 30.4 Å². The van der Waals surface area contributed by atoms with Crippen LogP contribution < -0.4 is 5.32 Å². The second kappa shape index (κ2) is 7.47. The molecular weight excluding hydrogens is 212 g/mol. The van der Waals surface area contributed by atoms with E-state index in [4.69, 9.17) is 10.00 Å². The Morgan fingerprint density at radius 1 is 1.65 bits per heavy atom. The first-order chi connectivity index (χ1) is 8.21. The quantitative estimate of drug-likeness (QED) is 0.494. The minimum Gasteiger partial charge on any atom is -0.373 e. The van der Waals surface area contributed by atoms with Gasteiger partial charge in [0.1, 0.15) is 0 Å². The molecule has 0 radical (unpaired) electrons. The Hall–Kier alpha value is -0.850. The van der Waals surface area contributed by atoms with E-state index in [0.717, 1.165) is 26.0 Å². The Bertz CT molecular complexity index is 268. The largest absolute Gasteiger partial charge is 0.373 e. The van der Waals surface area contributed by atoms with E-state index >= 15 is 0 Å². The molecule has 3 nitrogen and oxygen atoms in total. The van der Waals surface area contributed by atoms with Crippen LogP contribution in [0.2, 0.25) is 0 Å². The van der Waals surface area contributed by atoms with Crippen LogP contribution in [-0.4, -0.2) is 25.3 Å². The lowest BCUT2D eigenvalue weighted by atomic mass is 9.86. The molecule has 17 heavy (non-hydrogen) atoms. The van der Waals surface area contributed by atoms with Crippen molar-refractivity contribution in [2.75, 3.05) is 13.2 Å². The molecule has 0 spiro atoms. The van der Waals surface area contributed by atoms with Crippen LogP contribution in [0.25, 0.3) is 0 Å². The zero-order chi connectivity index (χ0) is 12.7. The molecule has 1 fully saturated rings. The Morgan fingerprint density at radius 2 is 2.35 bits per heavy atom. The highest BCUT2D eigenvalue weighted by molar-refractivity contribution is 4.93. The highest BCUT2D eigenvalue weighted by Gasteiger charge is 2.30. The van der Waals surface area contributed by atoms with Gasteiger partial charge in [-0.3, -0.25) is 0 Å². The van der Waals surface area contributed by atoms with E-state index in [2.05, 4.69) is 31.8 Å². The number of nitrogens with one attached hydrogen (secondary N) is 1. The molecule has 1 aliphatic rings. The molecule has 0 aromatic heterocycles. The molecule has 1 heterocycles. The second-order valence-corrected chi connectivity index (χ2v) is 4.96. The van der Waals surface area contributed by atoms with Crippen molar-refractivity contribution < 1.29 is 4.74 Å². The summed E-state index contributed by atoms with van der Waals surface area (Å²) in [6.07, 6.45) is 5.19. The highest BCUT2D eigenvalue weighted by Crippen LogP contribution is 2.25. The van der Waals surface area contributed by atoms with Gasteiger partial charge in [0.25, 0.3) is 0 Å². The van der Waals surface area contributed by atoms with Gasteiger partial charge in [-0.1, -0.05) is 19.9 Å². The lowest BCUT2D eigenvalue weighted by Gasteiger charge is -2.26. The summed E-state index contributed by atoms with van der Waals surface area (Å²) < 4.78 is 5.31. The molecule has 1 aliphatic heterocycles. The van der Waals surface area contributed by atoms with Gasteiger partial charge in [0.2, 0.25) is 0 Å². The molecule has 3 heteroatoms. The predicted molar refractivity (Wildman–Crippen MR) is 69.5 cm³/mol. The summed E-state index contributed by atoms with van der Waals surface area (Å²) in [5.74, 6) is 0.867. The lowest BCUT2D eigenvalue weighted by molar-refractivity contribution is 0.298. The minimum absolute atomic E-state index is 0.433. The van der Waals surface area contributed by atoms with Crippen LogP contribution >= 0.6 is 0 Å². The van der Waals surface area contributed by atoms with Gasteiger partial charge in [-0.2, -0.15) is 5.26 Å². The smallest absolute Gasteiger partial charge is 0.0825 e. The van der Waals surface area contributed by atoms with Gasteiger partial charge in [-0.05, 0) is 31.2 Å². The Balaban J connectivity index is 2.47. The molecule has 1 saturated heterocycles. The zero-order valence-electron chi connectivity index (χ0n) is 11.0. The molecule has 1 N–H and O–H groups in total. The van der Waals surface area contributed by atoms with Crippen molar-refractivity contribution in [3.05, 3.63) is 12.7 Å². The highest BCUT2D eigenvalue weighted by atomic mass is 16.6. The maximum Gasteiger partial charge on any atom is 0.0825 e. The van der Waals surface area contributed by atoms with E-state index in [-0.39, 0.29) is 0 Å². The molecule has 2 unspecified atom stereocenters. The van der Waals surface area contributed by atoms with Crippen molar-refractivity contribution in [1.29, 1.82) is 5.26 Å². The van der Waals surface area contributed by atoms with Crippen molar-refractivity contribution >= 4 is 0 Å². The molecule has 4 atom stereocenters. The average molecular weight is 236 g/mol. The third kappa shape index (κ3) is 5.34. The number of nitriles is 1. The van der Waals surface area contributed by atoms with Crippen LogP contribution in [0.15, 0.2) is 12.7 Å². The summed E-state index contributed by atoms with van der Waals surface area (Å²) in [7, 11) is 0. The predicted octanol–water partition coefficient (Wildman–Crippen LogP) is 2.50. The van der Waals surface area contributed by atoms with Gasteiger partial charge < -0.3 is 10.1 Å². The second-order valence-electron chi connectivity index (χ2n) is 4.96. The molecule has 0 aliphatic carbocycles. The van der Waals surface area contributed by atoms with E-state index < -0.39 is 0 Å². The maximum absolute atomic E-state index is 8.71. The summed E-state index contributed by atoms with van der Waals surface area (Å²) >= 11 is 0. The molecule has 1 rings (SSSR count). The summed E-state index contributed by atoms with van der Waals surface area (Å²) in [5, 5.41) is 12.2. The van der Waals surface area contributed by atoms with Crippen LogP contribution in [0.5, 0.6) is 0 Å². The third-order valence-corrected chi connectivity index (χ3v) is 3.32. The standard InChI is InChI=1S/C14H24N2O/c1-4-12(8-11(3)6-7-15)14(16-5-2)9-13-10-17-13/h4,11-14,16H,1,5-6,8-10H2,2-3H3/t11-,12+,13?,14?/m0/s1. The molecule has 0 bridgehead atoms. The maximum atomic E-state index is 8.71. The van der Waals surface area contributed by atoms with Crippen molar-refractivity contribution in [2.24, 2.45) is 11.8 Å². The first-order valence-corrected chi connectivity index (χ1v) is 6.55. The average Bonchev–Trinajstić information content (AvgIpc) is 3.10. The molecule has 0 saturated carbocycles. The van der Waals surface area contributed by atoms with E-state index in [9.17, 15) is 0 Å². The van der Waals surface area contributed by atoms with Gasteiger partial charge in [-0.15, -0.1) is 6.58 Å². The van der Waals surface area contributed by atoms with Crippen LogP contribution in [-0.2, 0) is 4.74 Å². The Morgan fingerprint density at radius 3 is 2.82 bits per heavy atom. The van der Waals surface area contributed by atoms with Gasteiger partial charge >= 0.3 is 0 Å². The van der Waals surface area contributed by atoms with Gasteiger partial charge in [-0.25, -0.2) is 0 Å². The topological polar surface area (TPSA) is 48.4 Å². The fourth-order valence-electron chi connectivity index (χ4n) is 2.29. The van der Waals surface area contributed by atoms with Crippen molar-refractivity contribution in [2.45, 2.75) is 45.3 Å². The SMILES string of the molecule is C=C[C@H](C[C@@H](C)CC#N)C(CC1CO1)NCC. The fraction of sp³-hybridized carbons (Fsp3) is 0.786. The summed E-state index contributed by atoms with van der Waals surface area (Å²) in [6, 6.07) is 2.68. The first kappa shape index (κ1) is 14.2. The van der Waals surface area contributed by atoms with Crippen LogP contribution in [0.4, 0.5) is 0 Å². The number of ether oxygens (including phenoxy) is 1. The monoisotopic (exact) mass is 236 g/mol. The van der Waals surface area contributed by atoms with Crippen molar-refractivity contribution in [1.82, 2.24) is 5.32 Å². The summed E-state index contributed by atoms with van der Waals surface area (Å²) in [5.41, 5.74) is 0. The summed E-state index contributed by atoms with van der Waals surface area (Å²) in [6.45, 7) is 10.1. The summed E-state index contributed by atoms with van der Waals surface area (Å²) in [4.78, 5) is 0. The third-order valence-electron chi connectivity index (χ3n) is 3.32. The van der Waals surface area contributed by atoms with Gasteiger partial charge in [0.05, 0.1) is 18.8 Å². The van der Waals surface area contributed by atoms with Gasteiger partial charge in [0, 0.05) is 12.5 Å². The number of rotatable bonds is 9. The molecular formula is C14H24N2O. The van der Waals surface area contributed by atoms with E-state index in [1.165, 1.54) is 0 Å². The van der Waals surface area contributed by atoms with Crippen molar-refractivity contribution in [3.8, 4) is 6.07 Å².